The zero-order valence-corrected chi connectivity index (χ0v) is 12.7. The molecule has 0 aliphatic heterocycles. The minimum absolute atomic E-state index is 0.203. The Hall–Kier alpha value is -1.74. The van der Waals surface area contributed by atoms with Gasteiger partial charge in [0.1, 0.15) is 4.90 Å². The predicted molar refractivity (Wildman–Crippen MR) is 70.6 cm³/mol. The van der Waals surface area contributed by atoms with Crippen molar-refractivity contribution in [2.75, 3.05) is 6.54 Å². The van der Waals surface area contributed by atoms with E-state index in [9.17, 15) is 8.42 Å². The molecule has 110 valence electrons. The van der Waals surface area contributed by atoms with Crippen molar-refractivity contribution in [2.45, 2.75) is 32.1 Å². The molecule has 0 amide bonds. The Labute approximate surface area is 117 Å². The maximum Gasteiger partial charge on any atom is 0.244 e. The Morgan fingerprint density at radius 2 is 2.00 bits per heavy atom. The summed E-state index contributed by atoms with van der Waals surface area (Å²) in [5.74, 6) is 0.937. The van der Waals surface area contributed by atoms with Crippen LogP contribution >= 0.6 is 0 Å². The number of aromatic nitrogens is 4. The second-order valence-electron chi connectivity index (χ2n) is 4.50. The molecule has 1 N–H and O–H groups in total. The third kappa shape index (κ3) is 2.88. The Balaban J connectivity index is 2.08. The van der Waals surface area contributed by atoms with E-state index in [2.05, 4.69) is 20.0 Å². The molecule has 0 spiro atoms. The van der Waals surface area contributed by atoms with E-state index in [1.807, 2.05) is 0 Å². The van der Waals surface area contributed by atoms with E-state index in [1.165, 1.54) is 0 Å². The number of hydrogen-bond donors (Lipinski definition) is 1. The van der Waals surface area contributed by atoms with Gasteiger partial charge in [-0.2, -0.15) is 10.1 Å². The Morgan fingerprint density at radius 3 is 2.50 bits per heavy atom. The van der Waals surface area contributed by atoms with Gasteiger partial charge < -0.3 is 4.52 Å². The quantitative estimate of drug-likeness (QED) is 0.849. The lowest BCUT2D eigenvalue weighted by Gasteiger charge is -2.05. The Morgan fingerprint density at radius 1 is 1.30 bits per heavy atom. The van der Waals surface area contributed by atoms with Gasteiger partial charge >= 0.3 is 0 Å². The van der Waals surface area contributed by atoms with Crippen LogP contribution in [0.4, 0.5) is 0 Å². The van der Waals surface area contributed by atoms with Crippen molar-refractivity contribution in [3.05, 3.63) is 23.1 Å². The van der Waals surface area contributed by atoms with Crippen molar-refractivity contribution in [3.63, 3.8) is 0 Å². The highest BCUT2D eigenvalue weighted by Gasteiger charge is 2.23. The minimum atomic E-state index is -3.58. The summed E-state index contributed by atoms with van der Waals surface area (Å²) in [6, 6.07) is 0. The van der Waals surface area contributed by atoms with Gasteiger partial charge in [-0.3, -0.25) is 4.68 Å². The molecule has 0 saturated carbocycles. The number of aryl methyl sites for hydroxylation is 3. The summed E-state index contributed by atoms with van der Waals surface area (Å²) in [5, 5.41) is 7.81. The summed E-state index contributed by atoms with van der Waals surface area (Å²) in [4.78, 5) is 4.24. The average molecular weight is 299 g/mol. The molecule has 0 aliphatic carbocycles. The summed E-state index contributed by atoms with van der Waals surface area (Å²) in [6.07, 6.45) is 0.370. The van der Waals surface area contributed by atoms with E-state index in [4.69, 9.17) is 4.52 Å². The zero-order chi connectivity index (χ0) is 14.9. The average Bonchev–Trinajstić information content (AvgIpc) is 2.84. The van der Waals surface area contributed by atoms with Gasteiger partial charge in [0.15, 0.2) is 5.82 Å². The fraction of sp³-hybridized carbons (Fsp3) is 0.545. The summed E-state index contributed by atoms with van der Waals surface area (Å²) in [6.45, 7) is 5.28. The maximum absolute atomic E-state index is 12.3. The van der Waals surface area contributed by atoms with Crippen molar-refractivity contribution in [2.24, 2.45) is 7.05 Å². The monoisotopic (exact) mass is 299 g/mol. The van der Waals surface area contributed by atoms with Crippen molar-refractivity contribution >= 4 is 10.0 Å². The van der Waals surface area contributed by atoms with Gasteiger partial charge in [0, 0.05) is 26.9 Å². The highest BCUT2D eigenvalue weighted by atomic mass is 32.2. The molecule has 0 radical (unpaired) electrons. The molecule has 2 aromatic heterocycles. The van der Waals surface area contributed by atoms with Gasteiger partial charge in [0.25, 0.3) is 0 Å². The largest absolute Gasteiger partial charge is 0.340 e. The van der Waals surface area contributed by atoms with Crippen LogP contribution in [0.2, 0.25) is 0 Å². The van der Waals surface area contributed by atoms with Crippen LogP contribution in [-0.2, 0) is 23.5 Å². The lowest BCUT2D eigenvalue weighted by Crippen LogP contribution is -2.27. The van der Waals surface area contributed by atoms with E-state index >= 15 is 0 Å². The van der Waals surface area contributed by atoms with Crippen LogP contribution in [0.25, 0.3) is 0 Å². The lowest BCUT2D eigenvalue weighted by atomic mass is 10.4. The van der Waals surface area contributed by atoms with E-state index in [0.29, 0.717) is 29.5 Å². The molecule has 0 fully saturated rings. The molecular formula is C11H17N5O3S. The molecule has 2 rings (SSSR count). The summed E-state index contributed by atoms with van der Waals surface area (Å²) in [7, 11) is -1.87. The third-order valence-electron chi connectivity index (χ3n) is 2.92. The maximum atomic E-state index is 12.3. The highest BCUT2D eigenvalue weighted by Crippen LogP contribution is 2.17. The van der Waals surface area contributed by atoms with Gasteiger partial charge in [-0.15, -0.1) is 0 Å². The molecule has 0 aromatic carbocycles. The molecule has 9 heteroatoms. The van der Waals surface area contributed by atoms with E-state index in [-0.39, 0.29) is 11.4 Å². The van der Waals surface area contributed by atoms with Crippen LogP contribution in [0, 0.1) is 20.8 Å². The molecule has 0 atom stereocenters. The Bertz CT molecular complexity index is 716. The highest BCUT2D eigenvalue weighted by molar-refractivity contribution is 7.89. The first-order valence-electron chi connectivity index (χ1n) is 6.10. The van der Waals surface area contributed by atoms with Crippen LogP contribution in [-0.4, -0.2) is 34.9 Å². The topological polar surface area (TPSA) is 103 Å². The fourth-order valence-electron chi connectivity index (χ4n) is 1.96. The summed E-state index contributed by atoms with van der Waals surface area (Å²) < 4.78 is 33.4. The van der Waals surface area contributed by atoms with Crippen molar-refractivity contribution < 1.29 is 12.9 Å². The zero-order valence-electron chi connectivity index (χ0n) is 11.8. The molecular weight excluding hydrogens is 282 g/mol. The van der Waals surface area contributed by atoms with Crippen molar-refractivity contribution in [1.82, 2.24) is 24.6 Å². The van der Waals surface area contributed by atoms with Gasteiger partial charge in [-0.25, -0.2) is 13.1 Å². The summed E-state index contributed by atoms with van der Waals surface area (Å²) in [5.41, 5.74) is 1.08. The van der Waals surface area contributed by atoms with E-state index < -0.39 is 10.0 Å². The number of sulfonamides is 1. The third-order valence-corrected chi connectivity index (χ3v) is 4.63. The fourth-order valence-corrected chi connectivity index (χ4v) is 3.42. The lowest BCUT2D eigenvalue weighted by molar-refractivity contribution is 0.387. The van der Waals surface area contributed by atoms with Gasteiger partial charge in [-0.05, 0) is 13.8 Å². The minimum Gasteiger partial charge on any atom is -0.340 e. The van der Waals surface area contributed by atoms with Crippen LogP contribution in [0.3, 0.4) is 0 Å². The van der Waals surface area contributed by atoms with E-state index in [0.717, 1.165) is 0 Å². The van der Waals surface area contributed by atoms with Crippen LogP contribution in [0.15, 0.2) is 9.42 Å². The second-order valence-corrected chi connectivity index (χ2v) is 6.20. The Kier molecular flexibility index (Phi) is 3.91. The molecule has 20 heavy (non-hydrogen) atoms. The number of nitrogens with one attached hydrogen (secondary N) is 1. The van der Waals surface area contributed by atoms with Crippen molar-refractivity contribution in [3.8, 4) is 0 Å². The number of hydrogen-bond acceptors (Lipinski definition) is 6. The van der Waals surface area contributed by atoms with Gasteiger partial charge in [-0.1, -0.05) is 5.16 Å². The summed E-state index contributed by atoms with van der Waals surface area (Å²) >= 11 is 0. The molecule has 2 heterocycles. The molecule has 0 aliphatic rings. The number of nitrogens with zero attached hydrogens (tertiary/aromatic N) is 4. The standard InChI is InChI=1S/C11H17N5O3S/c1-7-11(8(2)16(4)14-7)20(17,18)12-6-5-10-13-9(3)19-15-10/h12H,5-6H2,1-4H3. The van der Waals surface area contributed by atoms with Crippen LogP contribution in [0.5, 0.6) is 0 Å². The second kappa shape index (κ2) is 5.33. The van der Waals surface area contributed by atoms with Gasteiger partial charge in [0.05, 0.1) is 11.4 Å². The molecule has 0 bridgehead atoms. The van der Waals surface area contributed by atoms with Crippen molar-refractivity contribution in [1.29, 1.82) is 0 Å². The molecule has 0 saturated heterocycles. The molecule has 0 unspecified atom stereocenters. The normalized spacial score (nSPS) is 12.0. The van der Waals surface area contributed by atoms with E-state index in [1.54, 1.807) is 32.5 Å². The first kappa shape index (κ1) is 14.7. The first-order valence-corrected chi connectivity index (χ1v) is 7.58. The van der Waals surface area contributed by atoms with Gasteiger partial charge in [0.2, 0.25) is 15.9 Å². The van der Waals surface area contributed by atoms with Crippen LogP contribution in [0.1, 0.15) is 23.1 Å². The SMILES string of the molecule is Cc1nc(CCNS(=O)(=O)c2c(C)nn(C)c2C)no1. The first-order chi connectivity index (χ1) is 9.31. The molecule has 2 aromatic rings. The predicted octanol–water partition coefficient (Wildman–Crippen LogP) is 0.249. The number of rotatable bonds is 5. The van der Waals surface area contributed by atoms with Crippen LogP contribution < -0.4 is 4.72 Å². The smallest absolute Gasteiger partial charge is 0.244 e. The molecule has 8 nitrogen and oxygen atoms in total.